The monoisotopic (exact) mass is 313 g/mol. The van der Waals surface area contributed by atoms with Crippen LogP contribution in [0.2, 0.25) is 0 Å². The number of quaternary nitrogens is 1. The zero-order chi connectivity index (χ0) is 13.8. The van der Waals surface area contributed by atoms with Gasteiger partial charge in [0, 0.05) is 5.92 Å². The number of furan rings is 1. The summed E-state index contributed by atoms with van der Waals surface area (Å²) in [5, 5.41) is 4.40. The van der Waals surface area contributed by atoms with Gasteiger partial charge in [0.25, 0.3) is 3.79 Å². The van der Waals surface area contributed by atoms with Gasteiger partial charge in [-0.1, -0.05) is 48.7 Å². The first kappa shape index (κ1) is 15.6. The molecule has 4 nitrogen and oxygen atoms in total. The van der Waals surface area contributed by atoms with E-state index >= 15 is 0 Å². The maximum Gasteiger partial charge on any atom is 0.262 e. The lowest BCUT2D eigenvalue weighted by molar-refractivity contribution is -0.708. The molecule has 1 unspecified atom stereocenters. The Morgan fingerprint density at radius 2 is 2.17 bits per heavy atom. The second-order valence-corrected chi connectivity index (χ2v) is 6.57. The molecule has 0 aliphatic heterocycles. The summed E-state index contributed by atoms with van der Waals surface area (Å²) >= 11 is 17.5. The fraction of sp³-hybridized carbons (Fsp3) is 0.545. The Bertz CT molecular complexity index is 374. The normalized spacial score (nSPS) is 13.7. The van der Waals surface area contributed by atoms with Gasteiger partial charge in [0.05, 0.1) is 6.26 Å². The van der Waals surface area contributed by atoms with Crippen molar-refractivity contribution in [3.63, 3.8) is 0 Å². The van der Waals surface area contributed by atoms with Crippen molar-refractivity contribution in [2.24, 2.45) is 5.92 Å². The van der Waals surface area contributed by atoms with E-state index in [1.54, 1.807) is 31.5 Å². The lowest BCUT2D eigenvalue weighted by atomic mass is 10.2. The molecule has 0 aliphatic carbocycles. The zero-order valence-electron chi connectivity index (χ0n) is 10.1. The number of carbonyl (C=O) groups is 1. The van der Waals surface area contributed by atoms with Crippen LogP contribution in [-0.4, -0.2) is 15.9 Å². The fourth-order valence-electron chi connectivity index (χ4n) is 1.26. The third-order valence-corrected chi connectivity index (χ3v) is 3.01. The van der Waals surface area contributed by atoms with Crippen LogP contribution in [-0.2, 0) is 11.3 Å². The molecule has 0 fully saturated rings. The highest BCUT2D eigenvalue weighted by atomic mass is 35.6. The Morgan fingerprint density at radius 1 is 1.50 bits per heavy atom. The van der Waals surface area contributed by atoms with Gasteiger partial charge in [-0.2, -0.15) is 0 Å². The van der Waals surface area contributed by atoms with Gasteiger partial charge in [-0.15, -0.1) is 0 Å². The lowest BCUT2D eigenvalue weighted by Gasteiger charge is -2.23. The Kier molecular flexibility index (Phi) is 5.79. The summed E-state index contributed by atoms with van der Waals surface area (Å²) in [6, 6.07) is 3.59. The van der Waals surface area contributed by atoms with Crippen LogP contribution >= 0.6 is 34.8 Å². The highest BCUT2D eigenvalue weighted by Crippen LogP contribution is 2.27. The van der Waals surface area contributed by atoms with E-state index in [4.69, 9.17) is 39.2 Å². The molecule has 1 aromatic rings. The fourth-order valence-corrected chi connectivity index (χ4v) is 1.69. The number of carbonyl (C=O) groups excluding carboxylic acids is 1. The second kappa shape index (κ2) is 6.66. The van der Waals surface area contributed by atoms with E-state index in [9.17, 15) is 4.79 Å². The van der Waals surface area contributed by atoms with Crippen LogP contribution in [0, 0.1) is 5.92 Å². The highest BCUT2D eigenvalue weighted by molar-refractivity contribution is 6.68. The molecule has 1 rings (SSSR count). The minimum absolute atomic E-state index is 0.165. The SMILES string of the molecule is CC(C)C(=O)NC([NH2+]Cc1ccco1)C(Cl)(Cl)Cl. The summed E-state index contributed by atoms with van der Waals surface area (Å²) in [4.78, 5) is 11.6. The van der Waals surface area contributed by atoms with Crippen LogP contribution in [0.4, 0.5) is 0 Å². The summed E-state index contributed by atoms with van der Waals surface area (Å²) in [5.41, 5.74) is 0. The molecule has 0 radical (unpaired) electrons. The van der Waals surface area contributed by atoms with Crippen LogP contribution in [0.15, 0.2) is 22.8 Å². The molecule has 0 bridgehead atoms. The lowest BCUT2D eigenvalue weighted by Crippen LogP contribution is -2.95. The van der Waals surface area contributed by atoms with Crippen molar-refractivity contribution in [1.82, 2.24) is 5.32 Å². The van der Waals surface area contributed by atoms with Crippen molar-refractivity contribution in [1.29, 1.82) is 0 Å². The van der Waals surface area contributed by atoms with Crippen molar-refractivity contribution in [2.75, 3.05) is 0 Å². The van der Waals surface area contributed by atoms with Gasteiger partial charge in [0.15, 0.2) is 5.76 Å². The third-order valence-electron chi connectivity index (χ3n) is 2.31. The topological polar surface area (TPSA) is 58.9 Å². The predicted molar refractivity (Wildman–Crippen MR) is 71.4 cm³/mol. The Labute approximate surface area is 121 Å². The quantitative estimate of drug-likeness (QED) is 0.643. The molecule has 1 heterocycles. The molecule has 3 N–H and O–H groups in total. The van der Waals surface area contributed by atoms with E-state index in [-0.39, 0.29) is 11.8 Å². The molecular weight excluding hydrogens is 298 g/mol. The summed E-state index contributed by atoms with van der Waals surface area (Å²) in [5.74, 6) is 0.409. The van der Waals surface area contributed by atoms with Gasteiger partial charge in [-0.3, -0.25) is 4.79 Å². The zero-order valence-corrected chi connectivity index (χ0v) is 12.4. The van der Waals surface area contributed by atoms with Crippen molar-refractivity contribution >= 4 is 40.7 Å². The summed E-state index contributed by atoms with van der Waals surface area (Å²) < 4.78 is 3.59. The number of rotatable bonds is 5. The van der Waals surface area contributed by atoms with Gasteiger partial charge < -0.3 is 15.1 Å². The van der Waals surface area contributed by atoms with Gasteiger partial charge in [-0.05, 0) is 12.1 Å². The van der Waals surface area contributed by atoms with E-state index in [0.717, 1.165) is 5.76 Å². The van der Waals surface area contributed by atoms with Crippen LogP contribution in [0.5, 0.6) is 0 Å². The maximum absolute atomic E-state index is 11.6. The van der Waals surface area contributed by atoms with Crippen molar-refractivity contribution in [3.05, 3.63) is 24.2 Å². The average Bonchev–Trinajstić information content (AvgIpc) is 2.74. The summed E-state index contributed by atoms with van der Waals surface area (Å²) in [6.45, 7) is 4.03. The van der Waals surface area contributed by atoms with Gasteiger partial charge in [-0.25, -0.2) is 0 Å². The largest absolute Gasteiger partial charge is 0.463 e. The van der Waals surface area contributed by atoms with Gasteiger partial charge in [0.2, 0.25) is 12.1 Å². The molecule has 102 valence electrons. The van der Waals surface area contributed by atoms with Crippen LogP contribution in [0.1, 0.15) is 19.6 Å². The molecule has 1 amide bonds. The van der Waals surface area contributed by atoms with Crippen LogP contribution < -0.4 is 10.6 Å². The number of hydrogen-bond donors (Lipinski definition) is 2. The Hall–Kier alpha value is -0.420. The number of alkyl halides is 3. The smallest absolute Gasteiger partial charge is 0.262 e. The Balaban J connectivity index is 2.59. The summed E-state index contributed by atoms with van der Waals surface area (Å²) in [6.07, 6.45) is 0.905. The number of nitrogens with two attached hydrogens (primary N) is 1. The number of amides is 1. The molecule has 0 aliphatic rings. The first-order valence-electron chi connectivity index (χ1n) is 5.53. The Morgan fingerprint density at radius 3 is 2.61 bits per heavy atom. The maximum atomic E-state index is 11.6. The third kappa shape index (κ3) is 5.06. The molecule has 0 aromatic carbocycles. The van der Waals surface area contributed by atoms with E-state index in [0.29, 0.717) is 6.54 Å². The van der Waals surface area contributed by atoms with Gasteiger partial charge >= 0.3 is 0 Å². The summed E-state index contributed by atoms with van der Waals surface area (Å²) in [7, 11) is 0. The van der Waals surface area contributed by atoms with E-state index in [2.05, 4.69) is 5.32 Å². The second-order valence-electron chi connectivity index (χ2n) is 4.20. The van der Waals surface area contributed by atoms with E-state index in [1.165, 1.54) is 0 Å². The molecule has 0 spiro atoms. The highest BCUT2D eigenvalue weighted by Gasteiger charge is 2.37. The van der Waals surface area contributed by atoms with Gasteiger partial charge in [0.1, 0.15) is 6.54 Å². The molecule has 18 heavy (non-hydrogen) atoms. The van der Waals surface area contributed by atoms with Crippen LogP contribution in [0.3, 0.4) is 0 Å². The molecule has 7 heteroatoms. The first-order valence-corrected chi connectivity index (χ1v) is 6.67. The molecule has 1 aromatic heterocycles. The molecule has 1 atom stereocenters. The number of hydrogen-bond acceptors (Lipinski definition) is 2. The average molecular weight is 315 g/mol. The first-order chi connectivity index (χ1) is 8.30. The minimum Gasteiger partial charge on any atom is -0.463 e. The molecule has 0 saturated carbocycles. The van der Waals surface area contributed by atoms with Crippen LogP contribution in [0.25, 0.3) is 0 Å². The molecular formula is C11H16Cl3N2O2+. The number of nitrogens with one attached hydrogen (secondary N) is 1. The molecule has 0 saturated heterocycles. The van der Waals surface area contributed by atoms with Crippen molar-refractivity contribution < 1.29 is 14.5 Å². The predicted octanol–water partition coefficient (Wildman–Crippen LogP) is 1.81. The van der Waals surface area contributed by atoms with E-state index in [1.807, 2.05) is 6.07 Å². The van der Waals surface area contributed by atoms with Crippen molar-refractivity contribution in [2.45, 2.75) is 30.4 Å². The number of halogens is 3. The van der Waals surface area contributed by atoms with Crippen molar-refractivity contribution in [3.8, 4) is 0 Å². The minimum atomic E-state index is -1.59. The van der Waals surface area contributed by atoms with E-state index < -0.39 is 9.96 Å². The standard InChI is InChI=1S/C11H15Cl3N2O2/c1-7(2)9(17)16-10(11(12,13)14)15-6-8-4-3-5-18-8/h3-5,7,10,15H,6H2,1-2H3,(H,16,17)/p+1.